The highest BCUT2D eigenvalue weighted by atomic mass is 16.5. The summed E-state index contributed by atoms with van der Waals surface area (Å²) < 4.78 is 9.41. The number of nitrogens with zero attached hydrogens (tertiary/aromatic N) is 4. The minimum Gasteiger partial charge on any atom is -0.383 e. The number of rotatable bonds is 7. The molecule has 0 atom stereocenters. The Morgan fingerprint density at radius 1 is 1.24 bits per heavy atom. The zero-order chi connectivity index (χ0) is 15.4. The second-order valence-electron chi connectivity index (χ2n) is 4.91. The number of imidazole rings is 1. The van der Waals surface area contributed by atoms with Crippen molar-refractivity contribution in [2.24, 2.45) is 12.8 Å². The summed E-state index contributed by atoms with van der Waals surface area (Å²) in [4.78, 5) is 29.1. The average Bonchev–Trinajstić information content (AvgIpc) is 2.84. The molecule has 0 amide bonds. The standard InChI is InChI=1S/C13H21N5O3/c1-16-9-15-11-10(16)12(19)18(6-4-3-5-14)13(20)17(11)7-8-21-2/h9H,3-8,14H2,1-2H3. The third kappa shape index (κ3) is 2.91. The number of aryl methyl sites for hydroxylation is 1. The highest BCUT2D eigenvalue weighted by molar-refractivity contribution is 5.69. The number of nitrogens with two attached hydrogens (primary N) is 1. The Kier molecular flexibility index (Phi) is 4.92. The van der Waals surface area contributed by atoms with Crippen molar-refractivity contribution >= 4 is 11.2 Å². The Bertz CT molecular complexity index is 728. The lowest BCUT2D eigenvalue weighted by atomic mass is 10.3. The molecule has 0 aromatic carbocycles. The lowest BCUT2D eigenvalue weighted by Gasteiger charge is -2.11. The summed E-state index contributed by atoms with van der Waals surface area (Å²) in [5, 5.41) is 0. The summed E-state index contributed by atoms with van der Waals surface area (Å²) in [6.07, 6.45) is 3.01. The summed E-state index contributed by atoms with van der Waals surface area (Å²) in [5.41, 5.74) is 5.64. The van der Waals surface area contributed by atoms with Gasteiger partial charge in [0.15, 0.2) is 11.2 Å². The van der Waals surface area contributed by atoms with Gasteiger partial charge in [0.05, 0.1) is 19.5 Å². The van der Waals surface area contributed by atoms with Gasteiger partial charge in [0.2, 0.25) is 0 Å². The molecule has 116 valence electrons. The topological polar surface area (TPSA) is 97.1 Å². The highest BCUT2D eigenvalue weighted by Crippen LogP contribution is 2.05. The highest BCUT2D eigenvalue weighted by Gasteiger charge is 2.16. The summed E-state index contributed by atoms with van der Waals surface area (Å²) in [6.45, 7) is 1.65. The molecule has 2 heterocycles. The summed E-state index contributed by atoms with van der Waals surface area (Å²) in [5.74, 6) is 0. The Balaban J connectivity index is 2.59. The molecule has 0 saturated heterocycles. The second-order valence-corrected chi connectivity index (χ2v) is 4.91. The molecule has 0 bridgehead atoms. The summed E-state index contributed by atoms with van der Waals surface area (Å²) in [7, 11) is 3.31. The minimum absolute atomic E-state index is 0.305. The van der Waals surface area contributed by atoms with Crippen LogP contribution in [0.25, 0.3) is 11.2 Å². The van der Waals surface area contributed by atoms with E-state index in [2.05, 4.69) is 4.98 Å². The first-order chi connectivity index (χ1) is 10.1. The van der Waals surface area contributed by atoms with Crippen molar-refractivity contribution in [3.05, 3.63) is 27.2 Å². The maximum absolute atomic E-state index is 12.5. The van der Waals surface area contributed by atoms with E-state index in [1.165, 1.54) is 9.13 Å². The number of ether oxygens (including phenoxy) is 1. The van der Waals surface area contributed by atoms with Gasteiger partial charge in [-0.25, -0.2) is 9.78 Å². The molecule has 0 aliphatic rings. The fraction of sp³-hybridized carbons (Fsp3) is 0.615. The maximum atomic E-state index is 12.5. The van der Waals surface area contributed by atoms with Crippen LogP contribution in [-0.4, -0.2) is 38.9 Å². The largest absolute Gasteiger partial charge is 0.383 e. The van der Waals surface area contributed by atoms with Gasteiger partial charge in [-0.15, -0.1) is 0 Å². The van der Waals surface area contributed by atoms with Crippen molar-refractivity contribution in [3.63, 3.8) is 0 Å². The third-order valence-electron chi connectivity index (χ3n) is 3.44. The van der Waals surface area contributed by atoms with Crippen LogP contribution in [0.3, 0.4) is 0 Å². The molecule has 0 spiro atoms. The van der Waals surface area contributed by atoms with Crippen LogP contribution in [0.1, 0.15) is 12.8 Å². The van der Waals surface area contributed by atoms with E-state index in [0.717, 1.165) is 6.42 Å². The van der Waals surface area contributed by atoms with Crippen LogP contribution in [0.2, 0.25) is 0 Å². The van der Waals surface area contributed by atoms with E-state index >= 15 is 0 Å². The van der Waals surface area contributed by atoms with Crippen LogP contribution in [0.15, 0.2) is 15.9 Å². The SMILES string of the molecule is COCCn1c(=O)n(CCCCN)c(=O)c2c1ncn2C. The smallest absolute Gasteiger partial charge is 0.332 e. The molecule has 0 saturated carbocycles. The molecular formula is C13H21N5O3. The Morgan fingerprint density at radius 3 is 2.67 bits per heavy atom. The van der Waals surface area contributed by atoms with Gasteiger partial charge in [-0.1, -0.05) is 0 Å². The summed E-state index contributed by atoms with van der Waals surface area (Å²) >= 11 is 0. The first-order valence-electron chi connectivity index (χ1n) is 6.95. The predicted molar refractivity (Wildman–Crippen MR) is 79.4 cm³/mol. The minimum atomic E-state index is -0.347. The Morgan fingerprint density at radius 2 is 2.00 bits per heavy atom. The molecule has 0 radical (unpaired) electrons. The van der Waals surface area contributed by atoms with Gasteiger partial charge < -0.3 is 15.0 Å². The van der Waals surface area contributed by atoms with E-state index in [4.69, 9.17) is 10.5 Å². The Labute approximate surface area is 121 Å². The number of fused-ring (bicyclic) bond motifs is 1. The van der Waals surface area contributed by atoms with E-state index in [1.807, 2.05) is 0 Å². The lowest BCUT2D eigenvalue weighted by Crippen LogP contribution is -2.41. The molecule has 0 unspecified atom stereocenters. The average molecular weight is 295 g/mol. The van der Waals surface area contributed by atoms with Crippen LogP contribution in [0.5, 0.6) is 0 Å². The quantitative estimate of drug-likeness (QED) is 0.680. The number of hydrogen-bond acceptors (Lipinski definition) is 5. The van der Waals surface area contributed by atoms with Crippen molar-refractivity contribution in [1.29, 1.82) is 0 Å². The van der Waals surface area contributed by atoms with Crippen LogP contribution in [-0.2, 0) is 24.9 Å². The molecule has 0 fully saturated rings. The molecule has 21 heavy (non-hydrogen) atoms. The van der Waals surface area contributed by atoms with Crippen molar-refractivity contribution in [2.75, 3.05) is 20.3 Å². The first kappa shape index (κ1) is 15.5. The normalized spacial score (nSPS) is 11.4. The fourth-order valence-electron chi connectivity index (χ4n) is 2.31. The zero-order valence-electron chi connectivity index (χ0n) is 12.4. The predicted octanol–water partition coefficient (Wildman–Crippen LogP) is -0.718. The molecule has 0 aliphatic carbocycles. The van der Waals surface area contributed by atoms with E-state index in [9.17, 15) is 9.59 Å². The molecule has 2 rings (SSSR count). The molecule has 2 aromatic heterocycles. The van der Waals surface area contributed by atoms with Crippen molar-refractivity contribution < 1.29 is 4.74 Å². The lowest BCUT2D eigenvalue weighted by molar-refractivity contribution is 0.186. The Hall–Kier alpha value is -1.93. The van der Waals surface area contributed by atoms with E-state index < -0.39 is 0 Å². The van der Waals surface area contributed by atoms with Crippen molar-refractivity contribution in [2.45, 2.75) is 25.9 Å². The summed E-state index contributed by atoms with van der Waals surface area (Å²) in [6, 6.07) is 0. The van der Waals surface area contributed by atoms with Gasteiger partial charge in [0.25, 0.3) is 5.56 Å². The van der Waals surface area contributed by atoms with E-state index in [1.54, 1.807) is 25.1 Å². The number of unbranched alkanes of at least 4 members (excludes halogenated alkanes) is 1. The third-order valence-corrected chi connectivity index (χ3v) is 3.44. The number of hydrogen-bond donors (Lipinski definition) is 1. The van der Waals surface area contributed by atoms with Crippen LogP contribution in [0, 0.1) is 0 Å². The molecule has 2 N–H and O–H groups in total. The van der Waals surface area contributed by atoms with Crippen LogP contribution in [0.4, 0.5) is 0 Å². The van der Waals surface area contributed by atoms with Gasteiger partial charge in [-0.2, -0.15) is 0 Å². The van der Waals surface area contributed by atoms with Gasteiger partial charge in [0, 0.05) is 20.7 Å². The van der Waals surface area contributed by atoms with Crippen molar-refractivity contribution in [1.82, 2.24) is 18.7 Å². The van der Waals surface area contributed by atoms with Gasteiger partial charge >= 0.3 is 5.69 Å². The molecule has 8 heteroatoms. The molecule has 0 aliphatic heterocycles. The second kappa shape index (κ2) is 6.68. The number of aromatic nitrogens is 4. The van der Waals surface area contributed by atoms with Crippen LogP contribution >= 0.6 is 0 Å². The van der Waals surface area contributed by atoms with Gasteiger partial charge in [-0.05, 0) is 19.4 Å². The fourth-order valence-corrected chi connectivity index (χ4v) is 2.31. The molecule has 2 aromatic rings. The van der Waals surface area contributed by atoms with Crippen molar-refractivity contribution in [3.8, 4) is 0 Å². The molecule has 8 nitrogen and oxygen atoms in total. The number of methoxy groups -OCH3 is 1. The first-order valence-corrected chi connectivity index (χ1v) is 6.95. The van der Waals surface area contributed by atoms with E-state index in [-0.39, 0.29) is 11.2 Å². The van der Waals surface area contributed by atoms with Crippen LogP contribution < -0.4 is 17.0 Å². The zero-order valence-corrected chi connectivity index (χ0v) is 12.4. The van der Waals surface area contributed by atoms with E-state index in [0.29, 0.717) is 43.8 Å². The van der Waals surface area contributed by atoms with Gasteiger partial charge in [0.1, 0.15) is 0 Å². The van der Waals surface area contributed by atoms with Gasteiger partial charge in [-0.3, -0.25) is 13.9 Å². The maximum Gasteiger partial charge on any atom is 0.332 e. The monoisotopic (exact) mass is 295 g/mol. The molecular weight excluding hydrogens is 274 g/mol.